The fraction of sp³-hybridized carbons (Fsp3) is 0.200. The standard InChI is InChI=1S/C20H20N4S/c1-14-12-21-18(25-14)13-22-19(15-8-4-3-5-9-15)20-23-16-10-6-7-11-17(16)24(20)2/h3-12,19,22H,13H2,1-2H3/t19-/m1/s1. The Morgan fingerprint density at radius 3 is 2.56 bits per heavy atom. The van der Waals surface area contributed by atoms with Gasteiger partial charge in [-0.1, -0.05) is 42.5 Å². The van der Waals surface area contributed by atoms with Crippen LogP contribution in [0.4, 0.5) is 0 Å². The van der Waals surface area contributed by atoms with Crippen LogP contribution in [-0.2, 0) is 13.6 Å². The second-order valence-corrected chi connectivity index (χ2v) is 7.43. The van der Waals surface area contributed by atoms with E-state index in [0.29, 0.717) is 0 Å². The number of hydrogen-bond acceptors (Lipinski definition) is 4. The molecule has 126 valence electrons. The van der Waals surface area contributed by atoms with Crippen LogP contribution in [0.5, 0.6) is 0 Å². The van der Waals surface area contributed by atoms with Gasteiger partial charge in [0, 0.05) is 24.7 Å². The highest BCUT2D eigenvalue weighted by Crippen LogP contribution is 2.25. The molecule has 0 bridgehead atoms. The lowest BCUT2D eigenvalue weighted by atomic mass is 10.1. The van der Waals surface area contributed by atoms with Gasteiger partial charge in [-0.25, -0.2) is 9.97 Å². The molecule has 0 spiro atoms. The van der Waals surface area contributed by atoms with Crippen molar-refractivity contribution < 1.29 is 0 Å². The first-order chi connectivity index (χ1) is 12.2. The quantitative estimate of drug-likeness (QED) is 0.587. The summed E-state index contributed by atoms with van der Waals surface area (Å²) in [7, 11) is 2.08. The maximum Gasteiger partial charge on any atom is 0.131 e. The van der Waals surface area contributed by atoms with E-state index in [4.69, 9.17) is 4.98 Å². The number of rotatable bonds is 5. The molecule has 0 aliphatic heterocycles. The number of thiazole rings is 1. The molecule has 4 aromatic rings. The highest BCUT2D eigenvalue weighted by molar-refractivity contribution is 7.11. The van der Waals surface area contributed by atoms with Crippen LogP contribution in [0.25, 0.3) is 11.0 Å². The Morgan fingerprint density at radius 2 is 1.84 bits per heavy atom. The second-order valence-electron chi connectivity index (χ2n) is 6.11. The normalized spacial score (nSPS) is 12.6. The van der Waals surface area contributed by atoms with Crippen LogP contribution >= 0.6 is 11.3 Å². The van der Waals surface area contributed by atoms with Gasteiger partial charge in [0.1, 0.15) is 10.8 Å². The molecule has 2 heterocycles. The lowest BCUT2D eigenvalue weighted by Crippen LogP contribution is -2.24. The molecule has 0 amide bonds. The third-order valence-corrected chi connectivity index (χ3v) is 5.25. The summed E-state index contributed by atoms with van der Waals surface area (Å²) in [6.07, 6.45) is 1.92. The van der Waals surface area contributed by atoms with Crippen molar-refractivity contribution in [3.05, 3.63) is 82.1 Å². The minimum absolute atomic E-state index is 0.0165. The third kappa shape index (κ3) is 3.21. The summed E-state index contributed by atoms with van der Waals surface area (Å²) in [5.74, 6) is 1.01. The number of aryl methyl sites for hydroxylation is 2. The van der Waals surface area contributed by atoms with E-state index in [1.165, 1.54) is 10.4 Å². The van der Waals surface area contributed by atoms with Crippen LogP contribution in [0.15, 0.2) is 60.8 Å². The van der Waals surface area contributed by atoms with Gasteiger partial charge < -0.3 is 4.57 Å². The van der Waals surface area contributed by atoms with Gasteiger partial charge in [-0.2, -0.15) is 0 Å². The fourth-order valence-corrected chi connectivity index (χ4v) is 3.84. The average molecular weight is 348 g/mol. The number of nitrogens with one attached hydrogen (secondary N) is 1. The molecule has 0 fully saturated rings. The zero-order valence-electron chi connectivity index (χ0n) is 14.3. The van der Waals surface area contributed by atoms with Crippen molar-refractivity contribution in [1.29, 1.82) is 0 Å². The van der Waals surface area contributed by atoms with E-state index in [1.54, 1.807) is 11.3 Å². The number of nitrogens with zero attached hydrogens (tertiary/aromatic N) is 3. The van der Waals surface area contributed by atoms with Crippen LogP contribution < -0.4 is 5.32 Å². The summed E-state index contributed by atoms with van der Waals surface area (Å²) in [4.78, 5) is 10.6. The Kier molecular flexibility index (Phi) is 4.34. The topological polar surface area (TPSA) is 42.7 Å². The predicted molar refractivity (Wildman–Crippen MR) is 103 cm³/mol. The molecule has 25 heavy (non-hydrogen) atoms. The van der Waals surface area contributed by atoms with Gasteiger partial charge in [-0.3, -0.25) is 5.32 Å². The van der Waals surface area contributed by atoms with Gasteiger partial charge in [-0.05, 0) is 24.6 Å². The van der Waals surface area contributed by atoms with Crippen molar-refractivity contribution in [3.63, 3.8) is 0 Å². The minimum Gasteiger partial charge on any atom is -0.330 e. The van der Waals surface area contributed by atoms with Crippen molar-refractivity contribution in [2.24, 2.45) is 7.05 Å². The molecule has 1 atom stereocenters. The van der Waals surface area contributed by atoms with E-state index in [1.807, 2.05) is 18.3 Å². The largest absolute Gasteiger partial charge is 0.330 e. The Bertz CT molecular complexity index is 987. The first-order valence-electron chi connectivity index (χ1n) is 8.33. The first kappa shape index (κ1) is 16.0. The third-order valence-electron chi connectivity index (χ3n) is 4.34. The van der Waals surface area contributed by atoms with Crippen LogP contribution in [0.2, 0.25) is 0 Å². The number of imidazole rings is 1. The molecule has 0 saturated heterocycles. The van der Waals surface area contributed by atoms with Crippen LogP contribution in [-0.4, -0.2) is 14.5 Å². The van der Waals surface area contributed by atoms with Gasteiger partial charge in [0.15, 0.2) is 0 Å². The Labute approximate surface area is 151 Å². The van der Waals surface area contributed by atoms with Gasteiger partial charge >= 0.3 is 0 Å². The molecule has 5 heteroatoms. The van der Waals surface area contributed by atoms with Crippen LogP contribution in [0.1, 0.15) is 27.3 Å². The zero-order chi connectivity index (χ0) is 17.2. The summed E-state index contributed by atoms with van der Waals surface area (Å²) < 4.78 is 2.17. The van der Waals surface area contributed by atoms with Crippen molar-refractivity contribution in [2.45, 2.75) is 19.5 Å². The lowest BCUT2D eigenvalue weighted by Gasteiger charge is -2.18. The second kappa shape index (κ2) is 6.78. The molecular weight excluding hydrogens is 328 g/mol. The predicted octanol–water partition coefficient (Wildman–Crippen LogP) is 4.22. The van der Waals surface area contributed by atoms with Crippen LogP contribution in [0, 0.1) is 6.92 Å². The highest BCUT2D eigenvalue weighted by atomic mass is 32.1. The van der Waals surface area contributed by atoms with Crippen molar-refractivity contribution in [1.82, 2.24) is 19.9 Å². The molecule has 0 aliphatic rings. The van der Waals surface area contributed by atoms with E-state index in [-0.39, 0.29) is 6.04 Å². The molecule has 4 nitrogen and oxygen atoms in total. The summed E-state index contributed by atoms with van der Waals surface area (Å²) in [6.45, 7) is 2.81. The lowest BCUT2D eigenvalue weighted by molar-refractivity contribution is 0.560. The SMILES string of the molecule is Cc1cnc(CN[C@H](c2ccccc2)c2nc3ccccc3n2C)s1. The minimum atomic E-state index is 0.0165. The van der Waals surface area contributed by atoms with Crippen LogP contribution in [0.3, 0.4) is 0 Å². The smallest absolute Gasteiger partial charge is 0.131 e. The maximum absolute atomic E-state index is 4.89. The van der Waals surface area contributed by atoms with Crippen molar-refractivity contribution >= 4 is 22.4 Å². The summed E-state index contributed by atoms with van der Waals surface area (Å²) in [6, 6.07) is 18.7. The zero-order valence-corrected chi connectivity index (χ0v) is 15.1. The number of benzene rings is 2. The van der Waals surface area contributed by atoms with Gasteiger partial charge in [0.25, 0.3) is 0 Å². The molecule has 2 aromatic heterocycles. The van der Waals surface area contributed by atoms with Gasteiger partial charge in [0.05, 0.1) is 17.1 Å². The van der Waals surface area contributed by atoms with E-state index in [2.05, 4.69) is 71.3 Å². The van der Waals surface area contributed by atoms with E-state index in [0.717, 1.165) is 28.4 Å². The van der Waals surface area contributed by atoms with E-state index in [9.17, 15) is 0 Å². The van der Waals surface area contributed by atoms with E-state index >= 15 is 0 Å². The van der Waals surface area contributed by atoms with Crippen molar-refractivity contribution in [2.75, 3.05) is 0 Å². The van der Waals surface area contributed by atoms with Gasteiger partial charge in [-0.15, -0.1) is 11.3 Å². The molecule has 1 N–H and O–H groups in total. The molecule has 0 saturated carbocycles. The molecule has 0 radical (unpaired) electrons. The molecule has 4 rings (SSSR count). The molecule has 0 aliphatic carbocycles. The average Bonchev–Trinajstić information content (AvgIpc) is 3.20. The molecule has 0 unspecified atom stereocenters. The molecular formula is C20H20N4S. The van der Waals surface area contributed by atoms with E-state index < -0.39 is 0 Å². The Hall–Kier alpha value is -2.50. The fourth-order valence-electron chi connectivity index (χ4n) is 3.10. The summed E-state index contributed by atoms with van der Waals surface area (Å²) >= 11 is 1.73. The van der Waals surface area contributed by atoms with Gasteiger partial charge in [0.2, 0.25) is 0 Å². The summed E-state index contributed by atoms with van der Waals surface area (Å²) in [5, 5.41) is 4.74. The highest BCUT2D eigenvalue weighted by Gasteiger charge is 2.20. The summed E-state index contributed by atoms with van der Waals surface area (Å²) in [5.41, 5.74) is 3.37. The Morgan fingerprint density at radius 1 is 1.08 bits per heavy atom. The maximum atomic E-state index is 4.89. The monoisotopic (exact) mass is 348 g/mol. The Balaban J connectivity index is 1.72. The number of fused-ring (bicyclic) bond motifs is 1. The van der Waals surface area contributed by atoms with Crippen molar-refractivity contribution in [3.8, 4) is 0 Å². The first-order valence-corrected chi connectivity index (χ1v) is 9.15. The number of para-hydroxylation sites is 2. The molecule has 2 aromatic carbocycles. The number of hydrogen-bond donors (Lipinski definition) is 1. The number of aromatic nitrogens is 3.